The summed E-state index contributed by atoms with van der Waals surface area (Å²) in [6.45, 7) is 2.08. The van der Waals surface area contributed by atoms with Crippen LogP contribution in [0.2, 0.25) is 0 Å². The maximum absolute atomic E-state index is 12.8. The van der Waals surface area contributed by atoms with Gasteiger partial charge in [-0.15, -0.1) is 0 Å². The number of unbranched alkanes of at least 4 members (excludes halogenated alkanes) is 2. The average Bonchev–Trinajstić information content (AvgIpc) is 2.78. The average molecular weight is 431 g/mol. The molecule has 0 aliphatic rings. The molecular formula is C23H30N2O6. The van der Waals surface area contributed by atoms with Crippen molar-refractivity contribution < 1.29 is 28.5 Å². The molecule has 0 unspecified atom stereocenters. The van der Waals surface area contributed by atoms with Crippen LogP contribution in [0.25, 0.3) is 0 Å². The van der Waals surface area contributed by atoms with E-state index in [1.54, 1.807) is 30.3 Å². The Hall–Kier alpha value is -3.42. The zero-order chi connectivity index (χ0) is 22.8. The molecule has 8 heteroatoms. The molecule has 2 rings (SSSR count). The van der Waals surface area contributed by atoms with E-state index in [2.05, 4.69) is 17.6 Å². The summed E-state index contributed by atoms with van der Waals surface area (Å²) in [5.41, 5.74) is 1.32. The second-order valence-electron chi connectivity index (χ2n) is 6.79. The first-order valence-corrected chi connectivity index (χ1v) is 10.1. The quantitative estimate of drug-likeness (QED) is 0.510. The highest BCUT2D eigenvalue weighted by atomic mass is 16.5. The molecule has 8 nitrogen and oxygen atoms in total. The molecule has 2 N–H and O–H groups in total. The van der Waals surface area contributed by atoms with Crippen molar-refractivity contribution in [2.24, 2.45) is 0 Å². The lowest BCUT2D eigenvalue weighted by atomic mass is 10.1. The second kappa shape index (κ2) is 11.7. The number of amides is 2. The van der Waals surface area contributed by atoms with Crippen LogP contribution in [0, 0.1) is 0 Å². The van der Waals surface area contributed by atoms with Crippen LogP contribution in [0.15, 0.2) is 30.3 Å². The highest BCUT2D eigenvalue weighted by Crippen LogP contribution is 2.38. The van der Waals surface area contributed by atoms with Crippen LogP contribution in [0.1, 0.15) is 43.0 Å². The second-order valence-corrected chi connectivity index (χ2v) is 6.79. The Labute approximate surface area is 182 Å². The predicted molar refractivity (Wildman–Crippen MR) is 120 cm³/mol. The SMILES string of the molecule is CCCCCC(=O)Nc1cc(NC(=O)c2cc(OC)c(OC)c(OC)c2)ccc1OC. The van der Waals surface area contributed by atoms with Crippen molar-refractivity contribution >= 4 is 23.2 Å². The molecule has 0 saturated heterocycles. The van der Waals surface area contributed by atoms with Crippen LogP contribution >= 0.6 is 0 Å². The number of ether oxygens (including phenoxy) is 4. The molecule has 0 heterocycles. The minimum absolute atomic E-state index is 0.0974. The summed E-state index contributed by atoms with van der Waals surface area (Å²) in [7, 11) is 5.99. The molecule has 2 aromatic rings. The lowest BCUT2D eigenvalue weighted by Crippen LogP contribution is -2.14. The number of hydrogen-bond acceptors (Lipinski definition) is 6. The van der Waals surface area contributed by atoms with Crippen LogP contribution in [0.4, 0.5) is 11.4 Å². The molecule has 0 atom stereocenters. The molecule has 0 radical (unpaired) electrons. The van der Waals surface area contributed by atoms with Crippen LogP contribution in [-0.2, 0) is 4.79 Å². The topological polar surface area (TPSA) is 95.1 Å². The molecular weight excluding hydrogens is 400 g/mol. The fourth-order valence-electron chi connectivity index (χ4n) is 3.05. The number of anilines is 2. The highest BCUT2D eigenvalue weighted by molar-refractivity contribution is 6.05. The maximum atomic E-state index is 12.8. The summed E-state index contributed by atoms with van der Waals surface area (Å²) in [4.78, 5) is 25.0. The molecule has 31 heavy (non-hydrogen) atoms. The molecule has 0 fully saturated rings. The summed E-state index contributed by atoms with van der Waals surface area (Å²) in [5, 5.41) is 5.67. The molecule has 168 valence electrons. The monoisotopic (exact) mass is 430 g/mol. The number of nitrogens with one attached hydrogen (secondary N) is 2. The first-order valence-electron chi connectivity index (χ1n) is 10.1. The molecule has 0 aliphatic heterocycles. The Morgan fingerprint density at radius 1 is 0.806 bits per heavy atom. The number of carbonyl (C=O) groups excluding carboxylic acids is 2. The third kappa shape index (κ3) is 6.28. The third-order valence-corrected chi connectivity index (χ3v) is 4.67. The summed E-state index contributed by atoms with van der Waals surface area (Å²) in [6.07, 6.45) is 3.29. The molecule has 0 bridgehead atoms. The largest absolute Gasteiger partial charge is 0.495 e. The number of methoxy groups -OCH3 is 4. The van der Waals surface area contributed by atoms with E-state index in [-0.39, 0.29) is 11.8 Å². The minimum Gasteiger partial charge on any atom is -0.495 e. The molecule has 0 saturated carbocycles. The Balaban J connectivity index is 2.22. The Bertz CT molecular complexity index is 888. The van der Waals surface area contributed by atoms with Gasteiger partial charge in [-0.2, -0.15) is 0 Å². The van der Waals surface area contributed by atoms with Crippen LogP contribution < -0.4 is 29.6 Å². The van der Waals surface area contributed by atoms with Crippen LogP contribution in [0.3, 0.4) is 0 Å². The van der Waals surface area contributed by atoms with E-state index in [0.717, 1.165) is 19.3 Å². The number of carbonyl (C=O) groups is 2. The molecule has 2 amide bonds. The van der Waals surface area contributed by atoms with Gasteiger partial charge in [-0.3, -0.25) is 9.59 Å². The first-order chi connectivity index (χ1) is 15.0. The van der Waals surface area contributed by atoms with Crippen molar-refractivity contribution in [3.63, 3.8) is 0 Å². The summed E-state index contributed by atoms with van der Waals surface area (Å²) in [5.74, 6) is 1.20. The van der Waals surface area contributed by atoms with E-state index in [9.17, 15) is 9.59 Å². The van der Waals surface area contributed by atoms with Crippen LogP contribution in [-0.4, -0.2) is 40.3 Å². The van der Waals surface area contributed by atoms with E-state index < -0.39 is 0 Å². The van der Waals surface area contributed by atoms with Gasteiger partial charge in [0.05, 0.1) is 34.1 Å². The van der Waals surface area contributed by atoms with E-state index in [4.69, 9.17) is 18.9 Å². The lowest BCUT2D eigenvalue weighted by molar-refractivity contribution is -0.116. The van der Waals surface area contributed by atoms with E-state index >= 15 is 0 Å². The minimum atomic E-state index is -0.371. The zero-order valence-corrected chi connectivity index (χ0v) is 18.7. The number of benzene rings is 2. The van der Waals surface area contributed by atoms with Gasteiger partial charge in [-0.25, -0.2) is 0 Å². The van der Waals surface area contributed by atoms with Gasteiger partial charge in [0.1, 0.15) is 5.75 Å². The Morgan fingerprint density at radius 2 is 1.45 bits per heavy atom. The zero-order valence-electron chi connectivity index (χ0n) is 18.7. The molecule has 0 aromatic heterocycles. The van der Waals surface area contributed by atoms with E-state index in [1.807, 2.05) is 0 Å². The van der Waals surface area contributed by atoms with Crippen molar-refractivity contribution in [2.75, 3.05) is 39.1 Å². The van der Waals surface area contributed by atoms with Gasteiger partial charge in [-0.1, -0.05) is 19.8 Å². The normalized spacial score (nSPS) is 10.2. The highest BCUT2D eigenvalue weighted by Gasteiger charge is 2.18. The van der Waals surface area contributed by atoms with Gasteiger partial charge < -0.3 is 29.6 Å². The fourth-order valence-corrected chi connectivity index (χ4v) is 3.05. The summed E-state index contributed by atoms with van der Waals surface area (Å²) in [6, 6.07) is 8.17. The summed E-state index contributed by atoms with van der Waals surface area (Å²) >= 11 is 0. The van der Waals surface area contributed by atoms with Crippen molar-refractivity contribution in [2.45, 2.75) is 32.6 Å². The lowest BCUT2D eigenvalue weighted by Gasteiger charge is -2.15. The fraction of sp³-hybridized carbons (Fsp3) is 0.391. The van der Waals surface area contributed by atoms with Gasteiger partial charge in [0.15, 0.2) is 11.5 Å². The van der Waals surface area contributed by atoms with Crippen LogP contribution in [0.5, 0.6) is 23.0 Å². The number of hydrogen-bond donors (Lipinski definition) is 2. The predicted octanol–water partition coefficient (Wildman–Crippen LogP) is 4.49. The third-order valence-electron chi connectivity index (χ3n) is 4.67. The van der Waals surface area contributed by atoms with Crippen molar-refractivity contribution in [1.82, 2.24) is 0 Å². The van der Waals surface area contributed by atoms with E-state index in [1.165, 1.54) is 28.4 Å². The maximum Gasteiger partial charge on any atom is 0.255 e. The standard InChI is InChI=1S/C23H30N2O6/c1-6-7-8-9-21(26)25-17-14-16(10-11-18(17)28-2)24-23(27)15-12-19(29-3)22(31-5)20(13-15)30-4/h10-14H,6-9H2,1-5H3,(H,24,27)(H,25,26). The molecule has 0 spiro atoms. The van der Waals surface area contributed by atoms with Crippen molar-refractivity contribution in [3.05, 3.63) is 35.9 Å². The first kappa shape index (κ1) is 23.9. The smallest absolute Gasteiger partial charge is 0.255 e. The molecule has 0 aliphatic carbocycles. The Morgan fingerprint density at radius 3 is 2.00 bits per heavy atom. The van der Waals surface area contributed by atoms with E-state index in [0.29, 0.717) is 46.4 Å². The van der Waals surface area contributed by atoms with Crippen molar-refractivity contribution in [1.29, 1.82) is 0 Å². The van der Waals surface area contributed by atoms with Gasteiger partial charge in [0.25, 0.3) is 5.91 Å². The van der Waals surface area contributed by atoms with Gasteiger partial charge >= 0.3 is 0 Å². The van der Waals surface area contributed by atoms with Gasteiger partial charge in [0.2, 0.25) is 11.7 Å². The molecule has 2 aromatic carbocycles. The number of rotatable bonds is 11. The Kier molecular flexibility index (Phi) is 8.99. The van der Waals surface area contributed by atoms with Crippen molar-refractivity contribution in [3.8, 4) is 23.0 Å². The van der Waals surface area contributed by atoms with Gasteiger partial charge in [0, 0.05) is 17.7 Å². The van der Waals surface area contributed by atoms with Gasteiger partial charge in [-0.05, 0) is 36.8 Å². The summed E-state index contributed by atoms with van der Waals surface area (Å²) < 4.78 is 21.2.